The zero-order chi connectivity index (χ0) is 22.1. The molecule has 0 heterocycles. The van der Waals surface area contributed by atoms with Gasteiger partial charge in [0.1, 0.15) is 0 Å². The molecule has 0 atom stereocenters. The Kier molecular flexibility index (Phi) is 17.5. The van der Waals surface area contributed by atoms with Crippen molar-refractivity contribution in [1.29, 1.82) is 0 Å². The minimum absolute atomic E-state index is 0.0454. The molecule has 0 aliphatic rings. The second-order valence-electron chi connectivity index (χ2n) is 9.10. The number of carbonyl (C=O) groups is 2. The van der Waals surface area contributed by atoms with Gasteiger partial charge in [-0.2, -0.15) is 0 Å². The van der Waals surface area contributed by atoms with Crippen molar-refractivity contribution in [2.45, 2.75) is 126 Å². The molecule has 0 rings (SSSR count). The fraction of sp³-hybridized carbons (Fsp3) is 0.917. The van der Waals surface area contributed by atoms with Gasteiger partial charge in [0.25, 0.3) is 0 Å². The van der Waals surface area contributed by atoms with Crippen molar-refractivity contribution >= 4 is 11.9 Å². The maximum absolute atomic E-state index is 11.7. The summed E-state index contributed by atoms with van der Waals surface area (Å²) in [6, 6.07) is 0. The van der Waals surface area contributed by atoms with Gasteiger partial charge >= 0.3 is 11.9 Å². The molecule has 4 heteroatoms. The van der Waals surface area contributed by atoms with E-state index in [1.807, 2.05) is 27.7 Å². The highest BCUT2D eigenvalue weighted by molar-refractivity contribution is 5.75. The second-order valence-corrected chi connectivity index (χ2v) is 9.10. The summed E-state index contributed by atoms with van der Waals surface area (Å²) in [5.74, 6) is -0.768. The number of carboxylic acids is 1. The van der Waals surface area contributed by atoms with Crippen molar-refractivity contribution in [3.63, 3.8) is 0 Å². The van der Waals surface area contributed by atoms with Crippen LogP contribution >= 0.6 is 0 Å². The first-order chi connectivity index (χ1) is 13.0. The van der Waals surface area contributed by atoms with Gasteiger partial charge in [-0.1, -0.05) is 78.6 Å². The Balaban J connectivity index is 0. The number of rotatable bonds is 15. The van der Waals surface area contributed by atoms with Crippen LogP contribution < -0.4 is 0 Å². The minimum atomic E-state index is -0.722. The summed E-state index contributed by atoms with van der Waals surface area (Å²) in [6.07, 6.45) is 14.6. The predicted octanol–water partition coefficient (Wildman–Crippen LogP) is 7.39. The van der Waals surface area contributed by atoms with Crippen LogP contribution in [0.5, 0.6) is 0 Å². The Morgan fingerprint density at radius 2 is 1.07 bits per heavy atom. The van der Waals surface area contributed by atoms with Gasteiger partial charge in [0.15, 0.2) is 0 Å². The third-order valence-electron chi connectivity index (χ3n) is 5.63. The van der Waals surface area contributed by atoms with E-state index in [0.29, 0.717) is 13.0 Å². The lowest BCUT2D eigenvalue weighted by molar-refractivity contribution is -0.154. The maximum atomic E-state index is 11.7. The average Bonchev–Trinajstić information content (AvgIpc) is 2.66. The summed E-state index contributed by atoms with van der Waals surface area (Å²) >= 11 is 0. The van der Waals surface area contributed by atoms with Crippen molar-refractivity contribution < 1.29 is 19.4 Å². The molecule has 1 N–H and O–H groups in total. The Morgan fingerprint density at radius 1 is 0.679 bits per heavy atom. The highest BCUT2D eigenvalue weighted by atomic mass is 16.5. The molecule has 0 aromatic rings. The Morgan fingerprint density at radius 3 is 1.39 bits per heavy atom. The lowest BCUT2D eigenvalue weighted by atomic mass is 9.91. The second kappa shape index (κ2) is 16.9. The summed E-state index contributed by atoms with van der Waals surface area (Å²) in [5.41, 5.74) is -0.863. The first-order valence-electron chi connectivity index (χ1n) is 11.5. The van der Waals surface area contributed by atoms with E-state index >= 15 is 0 Å². The lowest BCUT2D eigenvalue weighted by Crippen LogP contribution is -2.26. The van der Waals surface area contributed by atoms with Gasteiger partial charge in [-0.25, -0.2) is 0 Å². The molecule has 0 fully saturated rings. The Bertz CT molecular complexity index is 399. The van der Waals surface area contributed by atoms with E-state index in [1.54, 1.807) is 13.8 Å². The molecule has 0 radical (unpaired) electrons. The molecular formula is C24H48O4. The van der Waals surface area contributed by atoms with Crippen molar-refractivity contribution in [2.24, 2.45) is 10.8 Å². The Hall–Kier alpha value is -1.06. The van der Waals surface area contributed by atoms with Crippen molar-refractivity contribution in [3.8, 4) is 0 Å². The third-order valence-corrected chi connectivity index (χ3v) is 5.63. The molecule has 0 spiro atoms. The van der Waals surface area contributed by atoms with E-state index in [9.17, 15) is 9.59 Å². The van der Waals surface area contributed by atoms with E-state index in [4.69, 9.17) is 9.84 Å². The largest absolute Gasteiger partial charge is 0.481 e. The lowest BCUT2D eigenvalue weighted by Gasteiger charge is -2.20. The van der Waals surface area contributed by atoms with E-state index in [0.717, 1.165) is 12.8 Å². The zero-order valence-corrected chi connectivity index (χ0v) is 19.9. The molecule has 4 nitrogen and oxygen atoms in total. The smallest absolute Gasteiger partial charge is 0.311 e. The molecule has 168 valence electrons. The highest BCUT2D eigenvalue weighted by Gasteiger charge is 2.26. The molecular weight excluding hydrogens is 352 g/mol. The summed E-state index contributed by atoms with van der Waals surface area (Å²) < 4.78 is 5.33. The SMILES string of the molecule is CCC(C)(C)C(=O)O.CCCCCCCCCCCCOC(=O)C(C)(C)CC. The van der Waals surface area contributed by atoms with Crippen LogP contribution in [-0.4, -0.2) is 23.7 Å². The molecule has 0 saturated carbocycles. The van der Waals surface area contributed by atoms with Crippen LogP contribution in [0.2, 0.25) is 0 Å². The normalized spacial score (nSPS) is 11.5. The molecule has 0 aromatic carbocycles. The fourth-order valence-corrected chi connectivity index (χ4v) is 2.25. The molecule has 0 unspecified atom stereocenters. The third kappa shape index (κ3) is 15.9. The predicted molar refractivity (Wildman–Crippen MR) is 119 cm³/mol. The first-order valence-corrected chi connectivity index (χ1v) is 11.5. The van der Waals surface area contributed by atoms with Gasteiger partial charge in [0.05, 0.1) is 17.4 Å². The molecule has 0 bridgehead atoms. The quantitative estimate of drug-likeness (QED) is 0.230. The number of esters is 1. The van der Waals surface area contributed by atoms with E-state index < -0.39 is 11.4 Å². The van der Waals surface area contributed by atoms with Crippen LogP contribution in [0.1, 0.15) is 126 Å². The van der Waals surface area contributed by atoms with E-state index in [2.05, 4.69) is 6.92 Å². The summed E-state index contributed by atoms with van der Waals surface area (Å²) in [5, 5.41) is 8.44. The number of aliphatic carboxylic acids is 1. The zero-order valence-electron chi connectivity index (χ0n) is 19.9. The molecule has 28 heavy (non-hydrogen) atoms. The molecule has 0 saturated heterocycles. The minimum Gasteiger partial charge on any atom is -0.481 e. The van der Waals surface area contributed by atoms with Crippen LogP contribution in [0.15, 0.2) is 0 Å². The van der Waals surface area contributed by atoms with E-state index in [1.165, 1.54) is 57.8 Å². The van der Waals surface area contributed by atoms with Crippen LogP contribution in [0.25, 0.3) is 0 Å². The monoisotopic (exact) mass is 400 g/mol. The van der Waals surface area contributed by atoms with E-state index in [-0.39, 0.29) is 11.4 Å². The van der Waals surface area contributed by atoms with Crippen LogP contribution in [0.3, 0.4) is 0 Å². The van der Waals surface area contributed by atoms with Gasteiger partial charge in [-0.15, -0.1) is 0 Å². The molecule has 0 aliphatic heterocycles. The molecule has 0 aromatic heterocycles. The van der Waals surface area contributed by atoms with Gasteiger partial charge < -0.3 is 9.84 Å². The summed E-state index contributed by atoms with van der Waals surface area (Å²) in [6.45, 7) is 14.1. The van der Waals surface area contributed by atoms with Crippen LogP contribution in [-0.2, 0) is 14.3 Å². The van der Waals surface area contributed by atoms with Gasteiger partial charge in [-0.3, -0.25) is 9.59 Å². The average molecular weight is 401 g/mol. The van der Waals surface area contributed by atoms with Gasteiger partial charge in [-0.05, 0) is 47.0 Å². The van der Waals surface area contributed by atoms with Crippen molar-refractivity contribution in [1.82, 2.24) is 0 Å². The van der Waals surface area contributed by atoms with Crippen molar-refractivity contribution in [3.05, 3.63) is 0 Å². The summed E-state index contributed by atoms with van der Waals surface area (Å²) in [4.78, 5) is 22.0. The van der Waals surface area contributed by atoms with Gasteiger partial charge in [0.2, 0.25) is 0 Å². The fourth-order valence-electron chi connectivity index (χ4n) is 2.25. The number of carbonyl (C=O) groups excluding carboxylic acids is 1. The maximum Gasteiger partial charge on any atom is 0.311 e. The topological polar surface area (TPSA) is 63.6 Å². The van der Waals surface area contributed by atoms with Gasteiger partial charge in [0, 0.05) is 0 Å². The first kappa shape index (κ1) is 29.1. The van der Waals surface area contributed by atoms with Crippen LogP contribution in [0, 0.1) is 10.8 Å². The molecule has 0 amide bonds. The standard InChI is InChI=1S/C18H36O2.C6H12O2/c1-5-7-8-9-10-11-12-13-14-15-16-20-17(19)18(3,4)6-2;1-4-6(2,3)5(7)8/h5-16H2,1-4H3;4H2,1-3H3,(H,7,8). The Labute approximate surface area is 174 Å². The number of carboxylic acid groups (broad SMARTS) is 1. The number of hydrogen-bond donors (Lipinski definition) is 1. The molecule has 0 aliphatic carbocycles. The number of unbranched alkanes of at least 4 members (excludes halogenated alkanes) is 9. The number of hydrogen-bond acceptors (Lipinski definition) is 3. The number of ether oxygens (including phenoxy) is 1. The van der Waals surface area contributed by atoms with Crippen LogP contribution in [0.4, 0.5) is 0 Å². The highest BCUT2D eigenvalue weighted by Crippen LogP contribution is 2.21. The van der Waals surface area contributed by atoms with Crippen molar-refractivity contribution in [2.75, 3.05) is 6.61 Å². The summed E-state index contributed by atoms with van der Waals surface area (Å²) in [7, 11) is 0.